The Morgan fingerprint density at radius 2 is 1.00 bits per heavy atom. The van der Waals surface area contributed by atoms with Crippen LogP contribution in [0, 0.1) is 0 Å². The highest BCUT2D eigenvalue weighted by molar-refractivity contribution is 6.40. The van der Waals surface area contributed by atoms with Crippen LogP contribution in [-0.2, 0) is 6.42 Å². The molecule has 0 aliphatic carbocycles. The van der Waals surface area contributed by atoms with Crippen molar-refractivity contribution in [3.63, 3.8) is 0 Å². The number of fused-ring (bicyclic) bond motifs is 5. The summed E-state index contributed by atoms with van der Waals surface area (Å²) in [5.74, 6) is 3.28. The molecule has 0 radical (unpaired) electrons. The summed E-state index contributed by atoms with van der Waals surface area (Å²) < 4.78 is 28.1. The van der Waals surface area contributed by atoms with Crippen molar-refractivity contribution in [1.29, 1.82) is 0 Å². The second-order valence-corrected chi connectivity index (χ2v) is 13.8. The van der Waals surface area contributed by atoms with E-state index in [2.05, 4.69) is 77.4 Å². The summed E-state index contributed by atoms with van der Waals surface area (Å²) in [6, 6.07) is 52.7. The molecule has 7 nitrogen and oxygen atoms in total. The molecule has 4 bridgehead atoms. The van der Waals surface area contributed by atoms with Gasteiger partial charge >= 0.3 is 15.1 Å². The third-order valence-electron chi connectivity index (χ3n) is 9.26. The molecule has 4 heterocycles. The lowest BCUT2D eigenvalue weighted by Gasteiger charge is -2.19. The van der Waals surface area contributed by atoms with Gasteiger partial charge in [-0.15, -0.1) is 0 Å². The van der Waals surface area contributed by atoms with Gasteiger partial charge in [-0.1, -0.05) is 72.8 Å². The van der Waals surface area contributed by atoms with Crippen molar-refractivity contribution in [3.8, 4) is 34.4 Å². The maximum absolute atomic E-state index is 6.55. The number of para-hydroxylation sites is 4. The van der Waals surface area contributed by atoms with Crippen LogP contribution in [0.1, 0.15) is 11.4 Å². The van der Waals surface area contributed by atoms with Gasteiger partial charge in [0.1, 0.15) is 34.0 Å². The Morgan fingerprint density at radius 3 is 1.57 bits per heavy atom. The van der Waals surface area contributed by atoms with E-state index in [1.54, 1.807) is 0 Å². The molecule has 0 unspecified atom stereocenters. The first-order valence-corrected chi connectivity index (χ1v) is 18.3. The minimum Gasteiger partial charge on any atom is -0.577 e. The van der Waals surface area contributed by atoms with Gasteiger partial charge in [0.25, 0.3) is 0 Å². The van der Waals surface area contributed by atoms with E-state index in [4.69, 9.17) is 26.1 Å². The van der Waals surface area contributed by atoms with E-state index in [0.717, 1.165) is 44.6 Å². The highest BCUT2D eigenvalue weighted by Gasteiger charge is 2.45. The standard InChI is InChI=1S/C24H17NO2.C19H14N2O2.Al/c26-18-11-15-20(16-12-18)27-19-13-9-17(10-14-19)25-23-7-3-1-5-21(23)22-6-2-4-8-24(22)25;22-16-5-1-3-12-7-9-14(20-18(12)16)11-15-10-8-13-4-2-6-17(23)19(13)21-15;/h1-16,26H;1-10,22-23H,11H2;/q;;+3/p-3. The minimum absolute atomic E-state index is 0.603. The second kappa shape index (κ2) is 12.2. The van der Waals surface area contributed by atoms with Crippen molar-refractivity contribution in [2.24, 2.45) is 0 Å². The van der Waals surface area contributed by atoms with Crippen molar-refractivity contribution in [1.82, 2.24) is 14.5 Å². The van der Waals surface area contributed by atoms with Crippen molar-refractivity contribution in [2.45, 2.75) is 6.42 Å². The SMILES string of the molecule is c1cc2c3nc(ccc3c1)Cc1ccc3cccc(c3n1)[O][Al]([O]c1ccc(Oc3ccc(-n4c5ccccc5c5ccccc54)cc3)cc1)[O]2. The van der Waals surface area contributed by atoms with Gasteiger partial charge in [-0.3, -0.25) is 0 Å². The van der Waals surface area contributed by atoms with E-state index in [1.165, 1.54) is 21.8 Å². The first-order valence-electron chi connectivity index (χ1n) is 16.9. The summed E-state index contributed by atoms with van der Waals surface area (Å²) in [7, 11) is 0. The van der Waals surface area contributed by atoms with Crippen LogP contribution >= 0.6 is 0 Å². The summed E-state index contributed by atoms with van der Waals surface area (Å²) in [5, 5.41) is 4.43. The van der Waals surface area contributed by atoms with Gasteiger partial charge in [-0.2, -0.15) is 0 Å². The van der Waals surface area contributed by atoms with Crippen molar-refractivity contribution in [3.05, 3.63) is 169 Å². The molecule has 0 amide bonds. The molecule has 10 rings (SSSR count). The molecule has 0 N–H and O–H groups in total. The fourth-order valence-corrected chi connectivity index (χ4v) is 8.19. The molecule has 6 aromatic carbocycles. The fourth-order valence-electron chi connectivity index (χ4n) is 6.87. The highest BCUT2D eigenvalue weighted by Crippen LogP contribution is 2.34. The average Bonchev–Trinajstić information content (AvgIpc) is 3.50. The molecule has 8 heteroatoms. The predicted octanol–water partition coefficient (Wildman–Crippen LogP) is 10.1. The van der Waals surface area contributed by atoms with E-state index in [9.17, 15) is 0 Å². The molecular formula is C43H28AlN3O4. The van der Waals surface area contributed by atoms with Gasteiger partial charge in [0.15, 0.2) is 0 Å². The summed E-state index contributed by atoms with van der Waals surface area (Å²) in [4.78, 5) is 9.91. The van der Waals surface area contributed by atoms with Gasteiger partial charge < -0.3 is 20.7 Å². The molecule has 1 aliphatic rings. The van der Waals surface area contributed by atoms with Crippen molar-refractivity contribution in [2.75, 3.05) is 0 Å². The Kier molecular flexibility index (Phi) is 7.09. The average molecular weight is 678 g/mol. The summed E-state index contributed by atoms with van der Waals surface area (Å²) in [5.41, 5.74) is 6.78. The molecule has 0 fully saturated rings. The molecule has 0 saturated carbocycles. The Morgan fingerprint density at radius 1 is 0.490 bits per heavy atom. The first-order chi connectivity index (χ1) is 25.2. The Hall–Kier alpha value is -6.33. The van der Waals surface area contributed by atoms with E-state index >= 15 is 0 Å². The van der Waals surface area contributed by atoms with Crippen molar-refractivity contribution >= 4 is 58.8 Å². The largest absolute Gasteiger partial charge is 1.20 e. The molecule has 3 aromatic heterocycles. The number of rotatable bonds is 5. The quantitative estimate of drug-likeness (QED) is 0.169. The van der Waals surface area contributed by atoms with Gasteiger partial charge in [0.05, 0.1) is 16.8 Å². The lowest BCUT2D eigenvalue weighted by Crippen LogP contribution is -2.37. The van der Waals surface area contributed by atoms with Crippen molar-refractivity contribution < 1.29 is 16.1 Å². The monoisotopic (exact) mass is 677 g/mol. The Labute approximate surface area is 298 Å². The third kappa shape index (κ3) is 5.48. The number of ether oxygens (including phenoxy) is 1. The molecule has 51 heavy (non-hydrogen) atoms. The van der Waals surface area contributed by atoms with Crippen LogP contribution < -0.4 is 16.1 Å². The number of pyridine rings is 2. The number of hydrogen-bond donors (Lipinski definition) is 0. The molecule has 242 valence electrons. The minimum atomic E-state index is -2.90. The summed E-state index contributed by atoms with van der Waals surface area (Å²) >= 11 is -2.90. The maximum atomic E-state index is 6.55. The molecular weight excluding hydrogens is 649 g/mol. The lowest BCUT2D eigenvalue weighted by molar-refractivity contribution is 0.309. The van der Waals surface area contributed by atoms with Gasteiger partial charge in [0.2, 0.25) is 0 Å². The number of nitrogens with zero attached hydrogens (tertiary/aromatic N) is 3. The van der Waals surface area contributed by atoms with Gasteiger partial charge in [-0.25, -0.2) is 9.97 Å². The zero-order valence-electron chi connectivity index (χ0n) is 27.3. The number of aromatic nitrogens is 3. The van der Waals surface area contributed by atoms with Crippen LogP contribution in [0.5, 0.6) is 28.7 Å². The highest BCUT2D eigenvalue weighted by atomic mass is 27.3. The first kappa shape index (κ1) is 29.6. The summed E-state index contributed by atoms with van der Waals surface area (Å²) in [6.45, 7) is 0. The molecule has 0 saturated heterocycles. The van der Waals surface area contributed by atoms with Crippen LogP contribution in [0.15, 0.2) is 158 Å². The van der Waals surface area contributed by atoms with E-state index in [-0.39, 0.29) is 0 Å². The fraction of sp³-hybridized carbons (Fsp3) is 0.0233. The van der Waals surface area contributed by atoms with Crippen LogP contribution in [0.3, 0.4) is 0 Å². The second-order valence-electron chi connectivity index (χ2n) is 12.5. The zero-order valence-corrected chi connectivity index (χ0v) is 28.4. The van der Waals surface area contributed by atoms with Crippen LogP contribution in [0.25, 0.3) is 49.3 Å². The van der Waals surface area contributed by atoms with E-state index < -0.39 is 15.1 Å². The number of benzene rings is 6. The van der Waals surface area contributed by atoms with E-state index in [0.29, 0.717) is 29.4 Å². The number of hydrogen-bond acceptors (Lipinski definition) is 6. The van der Waals surface area contributed by atoms with Crippen LogP contribution in [0.4, 0.5) is 0 Å². The lowest BCUT2D eigenvalue weighted by atomic mass is 10.1. The molecule has 1 aliphatic heterocycles. The van der Waals surface area contributed by atoms with Crippen LogP contribution in [0.2, 0.25) is 0 Å². The zero-order chi connectivity index (χ0) is 33.7. The Balaban J connectivity index is 0.925. The van der Waals surface area contributed by atoms with Crippen LogP contribution in [-0.4, -0.2) is 29.7 Å². The summed E-state index contributed by atoms with van der Waals surface area (Å²) in [6.07, 6.45) is 0.603. The predicted molar refractivity (Wildman–Crippen MR) is 201 cm³/mol. The normalized spacial score (nSPS) is 12.5. The molecule has 0 atom stereocenters. The van der Waals surface area contributed by atoms with E-state index in [1.807, 2.05) is 84.9 Å². The maximum Gasteiger partial charge on any atom is 1.20 e. The smallest absolute Gasteiger partial charge is 0.577 e. The Bertz CT molecular complexity index is 2610. The van der Waals surface area contributed by atoms with Gasteiger partial charge in [0, 0.05) is 45.0 Å². The third-order valence-corrected chi connectivity index (χ3v) is 10.6. The molecule has 0 spiro atoms. The topological polar surface area (TPSA) is 67.6 Å². The van der Waals surface area contributed by atoms with Gasteiger partial charge in [-0.05, 0) is 84.9 Å². The molecule has 9 aromatic rings.